The molecule has 0 aliphatic heterocycles. The number of nitrogens with zero attached hydrogens (tertiary/aromatic N) is 2. The monoisotopic (exact) mass is 277 g/mol. The van der Waals surface area contributed by atoms with Crippen molar-refractivity contribution in [1.29, 1.82) is 0 Å². The first-order chi connectivity index (χ1) is 9.09. The Bertz CT molecular complexity index is 555. The van der Waals surface area contributed by atoms with Crippen molar-refractivity contribution in [2.24, 2.45) is 5.92 Å². The molecule has 0 fully saturated rings. The molecule has 0 aliphatic carbocycles. The molecule has 6 heteroatoms. The maximum atomic E-state index is 11.0. The van der Waals surface area contributed by atoms with Gasteiger partial charge in [-0.05, 0) is 23.4 Å². The molecule has 2 aromatic rings. The van der Waals surface area contributed by atoms with Gasteiger partial charge in [0.15, 0.2) is 0 Å². The summed E-state index contributed by atoms with van der Waals surface area (Å²) < 4.78 is 0. The summed E-state index contributed by atoms with van der Waals surface area (Å²) in [6.45, 7) is 4.18. The van der Waals surface area contributed by atoms with Crippen LogP contribution >= 0.6 is 11.3 Å². The van der Waals surface area contributed by atoms with Crippen LogP contribution in [0.3, 0.4) is 0 Å². The number of nitro groups is 1. The van der Waals surface area contributed by atoms with E-state index in [0.717, 1.165) is 0 Å². The van der Waals surface area contributed by atoms with Crippen molar-refractivity contribution < 1.29 is 4.92 Å². The van der Waals surface area contributed by atoms with Crippen molar-refractivity contribution in [2.75, 3.05) is 5.32 Å². The smallest absolute Gasteiger partial charge is 0.310 e. The second-order valence-corrected chi connectivity index (χ2v) is 5.51. The van der Waals surface area contributed by atoms with Gasteiger partial charge in [0.25, 0.3) is 0 Å². The first-order valence-corrected chi connectivity index (χ1v) is 6.86. The van der Waals surface area contributed by atoms with Crippen molar-refractivity contribution in [3.8, 4) is 0 Å². The first-order valence-electron chi connectivity index (χ1n) is 5.98. The molecule has 0 aliphatic rings. The lowest BCUT2D eigenvalue weighted by molar-refractivity contribution is -0.384. The number of rotatable bonds is 5. The Labute approximate surface area is 115 Å². The highest BCUT2D eigenvalue weighted by atomic mass is 32.1. The van der Waals surface area contributed by atoms with Crippen LogP contribution in [0.2, 0.25) is 0 Å². The molecule has 0 saturated carbocycles. The Balaban J connectivity index is 2.30. The van der Waals surface area contributed by atoms with E-state index in [9.17, 15) is 10.1 Å². The molecule has 1 atom stereocenters. The third kappa shape index (κ3) is 3.08. The maximum absolute atomic E-state index is 11.0. The van der Waals surface area contributed by atoms with Gasteiger partial charge < -0.3 is 5.32 Å². The molecule has 5 nitrogen and oxygen atoms in total. The average molecular weight is 277 g/mol. The van der Waals surface area contributed by atoms with E-state index in [1.165, 1.54) is 11.1 Å². The van der Waals surface area contributed by atoms with Crippen LogP contribution in [0, 0.1) is 16.0 Å². The Morgan fingerprint density at radius 1 is 1.42 bits per heavy atom. The molecule has 0 aromatic carbocycles. The summed E-state index contributed by atoms with van der Waals surface area (Å²) in [5.41, 5.74) is 0.511. The second-order valence-electron chi connectivity index (χ2n) is 4.53. The van der Waals surface area contributed by atoms with Crippen molar-refractivity contribution in [2.45, 2.75) is 19.9 Å². The van der Waals surface area contributed by atoms with Crippen LogP contribution in [-0.4, -0.2) is 9.91 Å². The van der Waals surface area contributed by atoms with E-state index in [-0.39, 0.29) is 11.7 Å². The van der Waals surface area contributed by atoms with Crippen molar-refractivity contribution in [3.05, 3.63) is 51.0 Å². The van der Waals surface area contributed by atoms with Gasteiger partial charge in [-0.15, -0.1) is 11.3 Å². The zero-order valence-electron chi connectivity index (χ0n) is 10.7. The molecule has 2 aromatic heterocycles. The third-order valence-corrected chi connectivity index (χ3v) is 3.78. The minimum Gasteiger partial charge on any atom is -0.372 e. The summed E-state index contributed by atoms with van der Waals surface area (Å²) >= 11 is 1.64. The van der Waals surface area contributed by atoms with Crippen LogP contribution in [0.5, 0.6) is 0 Å². The number of pyridine rings is 1. The fourth-order valence-electron chi connectivity index (χ4n) is 1.86. The second kappa shape index (κ2) is 5.79. The zero-order chi connectivity index (χ0) is 13.8. The SMILES string of the molecule is CC(C)C(Nc1ccncc1[N+](=O)[O-])c1cccs1. The van der Waals surface area contributed by atoms with Crippen molar-refractivity contribution in [3.63, 3.8) is 0 Å². The molecule has 0 bridgehead atoms. The molecule has 0 spiro atoms. The van der Waals surface area contributed by atoms with E-state index in [2.05, 4.69) is 24.1 Å². The Morgan fingerprint density at radius 3 is 2.79 bits per heavy atom. The number of aromatic nitrogens is 1. The summed E-state index contributed by atoms with van der Waals surface area (Å²) in [6.07, 6.45) is 2.83. The van der Waals surface area contributed by atoms with Gasteiger partial charge in [-0.3, -0.25) is 15.1 Å². The largest absolute Gasteiger partial charge is 0.372 e. The fraction of sp³-hybridized carbons (Fsp3) is 0.308. The van der Waals surface area contributed by atoms with Gasteiger partial charge in [0.2, 0.25) is 0 Å². The minimum absolute atomic E-state index is 0.00436. The van der Waals surface area contributed by atoms with Gasteiger partial charge >= 0.3 is 5.69 Å². The zero-order valence-corrected chi connectivity index (χ0v) is 11.6. The van der Waals surface area contributed by atoms with Gasteiger partial charge in [-0.25, -0.2) is 0 Å². The molecule has 0 amide bonds. The number of hydrogen-bond donors (Lipinski definition) is 1. The minimum atomic E-state index is -0.416. The molecule has 19 heavy (non-hydrogen) atoms. The first kappa shape index (κ1) is 13.5. The van der Waals surface area contributed by atoms with E-state index < -0.39 is 4.92 Å². The van der Waals surface area contributed by atoms with Gasteiger partial charge in [0, 0.05) is 11.1 Å². The van der Waals surface area contributed by atoms with Crippen LogP contribution in [0.1, 0.15) is 24.8 Å². The van der Waals surface area contributed by atoms with Crippen molar-refractivity contribution >= 4 is 22.7 Å². The quantitative estimate of drug-likeness (QED) is 0.665. The van der Waals surface area contributed by atoms with Crippen LogP contribution in [0.4, 0.5) is 11.4 Å². The van der Waals surface area contributed by atoms with Gasteiger partial charge in [-0.2, -0.15) is 0 Å². The summed E-state index contributed by atoms with van der Waals surface area (Å²) in [5, 5.41) is 16.3. The van der Waals surface area contributed by atoms with Crippen LogP contribution in [-0.2, 0) is 0 Å². The lowest BCUT2D eigenvalue weighted by atomic mass is 10.0. The molecule has 100 valence electrons. The Hall–Kier alpha value is -1.95. The topological polar surface area (TPSA) is 68.1 Å². The summed E-state index contributed by atoms with van der Waals surface area (Å²) in [6, 6.07) is 5.72. The molecular formula is C13H15N3O2S. The van der Waals surface area contributed by atoms with E-state index in [1.807, 2.05) is 17.5 Å². The summed E-state index contributed by atoms with van der Waals surface area (Å²) in [5.74, 6) is 0.325. The standard InChI is InChI=1S/C13H15N3O2S/c1-9(2)13(12-4-3-7-19-12)15-10-5-6-14-8-11(10)16(17)18/h3-9,13H,1-2H3,(H,14,15). The van der Waals surface area contributed by atoms with Crippen LogP contribution in [0.15, 0.2) is 36.0 Å². The van der Waals surface area contributed by atoms with Gasteiger partial charge in [0.1, 0.15) is 11.9 Å². The number of thiophene rings is 1. The molecule has 2 rings (SSSR count). The predicted molar refractivity (Wildman–Crippen MR) is 76.4 cm³/mol. The molecule has 0 saturated heterocycles. The summed E-state index contributed by atoms with van der Waals surface area (Å²) in [7, 11) is 0. The lowest BCUT2D eigenvalue weighted by Crippen LogP contribution is -2.16. The number of anilines is 1. The lowest BCUT2D eigenvalue weighted by Gasteiger charge is -2.22. The van der Waals surface area contributed by atoms with Gasteiger partial charge in [0.05, 0.1) is 11.0 Å². The fourth-order valence-corrected chi connectivity index (χ4v) is 2.80. The third-order valence-electron chi connectivity index (χ3n) is 2.82. The molecule has 2 heterocycles. The molecule has 1 N–H and O–H groups in total. The average Bonchev–Trinajstić information content (AvgIpc) is 2.89. The van der Waals surface area contributed by atoms with Crippen LogP contribution < -0.4 is 5.32 Å². The number of hydrogen-bond acceptors (Lipinski definition) is 5. The van der Waals surface area contributed by atoms with E-state index in [0.29, 0.717) is 11.6 Å². The number of nitrogens with one attached hydrogen (secondary N) is 1. The normalized spacial score (nSPS) is 12.4. The molecule has 0 radical (unpaired) electrons. The highest BCUT2D eigenvalue weighted by Gasteiger charge is 2.21. The predicted octanol–water partition coefficient (Wildman–Crippen LogP) is 3.86. The van der Waals surface area contributed by atoms with Crippen LogP contribution in [0.25, 0.3) is 0 Å². The Morgan fingerprint density at radius 2 is 2.21 bits per heavy atom. The van der Waals surface area contributed by atoms with Gasteiger partial charge in [-0.1, -0.05) is 19.9 Å². The summed E-state index contributed by atoms with van der Waals surface area (Å²) in [4.78, 5) is 15.5. The van der Waals surface area contributed by atoms with Crippen molar-refractivity contribution in [1.82, 2.24) is 4.98 Å². The van der Waals surface area contributed by atoms with E-state index in [1.54, 1.807) is 23.6 Å². The highest BCUT2D eigenvalue weighted by molar-refractivity contribution is 7.10. The highest BCUT2D eigenvalue weighted by Crippen LogP contribution is 2.32. The van der Waals surface area contributed by atoms with E-state index >= 15 is 0 Å². The molecular weight excluding hydrogens is 262 g/mol. The molecule has 1 unspecified atom stereocenters. The maximum Gasteiger partial charge on any atom is 0.310 e. The Kier molecular flexibility index (Phi) is 4.11. The van der Waals surface area contributed by atoms with E-state index in [4.69, 9.17) is 0 Å².